The molecule has 2 aromatic carbocycles. The molecule has 0 saturated carbocycles. The summed E-state index contributed by atoms with van der Waals surface area (Å²) in [4.78, 5) is 40.7. The van der Waals surface area contributed by atoms with Gasteiger partial charge in [-0.2, -0.15) is 0 Å². The lowest BCUT2D eigenvalue weighted by Gasteiger charge is -2.34. The normalized spacial score (nSPS) is 26.9. The third-order valence-electron chi connectivity index (χ3n) is 6.79. The lowest BCUT2D eigenvalue weighted by Crippen LogP contribution is -2.59. The Morgan fingerprint density at radius 1 is 1.12 bits per heavy atom. The highest BCUT2D eigenvalue weighted by atomic mass is 16.5. The lowest BCUT2D eigenvalue weighted by atomic mass is 9.73. The topological polar surface area (TPSA) is 95.9 Å². The van der Waals surface area contributed by atoms with E-state index in [1.165, 1.54) is 4.90 Å². The van der Waals surface area contributed by atoms with Crippen LogP contribution in [0.4, 0.5) is 0 Å². The number of hydrogen-bond donors (Lipinski definition) is 2. The van der Waals surface area contributed by atoms with E-state index in [2.05, 4.69) is 5.32 Å². The van der Waals surface area contributed by atoms with Crippen LogP contribution in [0.25, 0.3) is 6.08 Å². The SMILES string of the molecule is COc1ccc(C=CC2NC(C(=O)O)(C(C)C)C3C(=O)N(Cc4ccccc4)C(=O)C23)cc1. The molecule has 7 heteroatoms. The van der Waals surface area contributed by atoms with Crippen molar-refractivity contribution in [3.63, 3.8) is 0 Å². The van der Waals surface area contributed by atoms with Crippen molar-refractivity contribution in [1.82, 2.24) is 10.2 Å². The number of likely N-dealkylation sites (tertiary alicyclic amines) is 1. The summed E-state index contributed by atoms with van der Waals surface area (Å²) >= 11 is 0. The minimum atomic E-state index is -1.53. The van der Waals surface area contributed by atoms with Crippen LogP contribution >= 0.6 is 0 Å². The van der Waals surface area contributed by atoms with E-state index in [1.54, 1.807) is 27.0 Å². The van der Waals surface area contributed by atoms with E-state index in [-0.39, 0.29) is 12.5 Å². The number of carbonyl (C=O) groups is 3. The molecule has 2 amide bonds. The van der Waals surface area contributed by atoms with Crippen molar-refractivity contribution in [2.75, 3.05) is 7.11 Å². The number of hydrogen-bond acceptors (Lipinski definition) is 5. The van der Waals surface area contributed by atoms with Crippen LogP contribution in [-0.2, 0) is 20.9 Å². The lowest BCUT2D eigenvalue weighted by molar-refractivity contribution is -0.153. The largest absolute Gasteiger partial charge is 0.497 e. The third kappa shape index (κ3) is 3.82. The molecule has 2 aliphatic rings. The van der Waals surface area contributed by atoms with Gasteiger partial charge in [-0.25, -0.2) is 0 Å². The average Bonchev–Trinajstić information content (AvgIpc) is 3.29. The average molecular weight is 449 g/mol. The molecule has 172 valence electrons. The first-order valence-electron chi connectivity index (χ1n) is 11.0. The van der Waals surface area contributed by atoms with Gasteiger partial charge in [-0.15, -0.1) is 0 Å². The van der Waals surface area contributed by atoms with Crippen LogP contribution in [0.1, 0.15) is 25.0 Å². The number of nitrogens with one attached hydrogen (secondary N) is 1. The van der Waals surface area contributed by atoms with Gasteiger partial charge in [0, 0.05) is 6.04 Å². The molecule has 4 rings (SSSR count). The molecule has 7 nitrogen and oxygen atoms in total. The van der Waals surface area contributed by atoms with E-state index in [9.17, 15) is 19.5 Å². The van der Waals surface area contributed by atoms with Crippen LogP contribution in [0.2, 0.25) is 0 Å². The summed E-state index contributed by atoms with van der Waals surface area (Å²) in [6.45, 7) is 3.67. The fourth-order valence-corrected chi connectivity index (χ4v) is 5.03. The predicted octanol–water partition coefficient (Wildman–Crippen LogP) is 2.96. The summed E-state index contributed by atoms with van der Waals surface area (Å²) in [6, 6.07) is 16.1. The third-order valence-corrected chi connectivity index (χ3v) is 6.79. The minimum absolute atomic E-state index is 0.133. The van der Waals surface area contributed by atoms with Gasteiger partial charge in [0.15, 0.2) is 0 Å². The first kappa shape index (κ1) is 22.7. The van der Waals surface area contributed by atoms with Gasteiger partial charge in [-0.1, -0.05) is 68.5 Å². The number of rotatable bonds is 7. The van der Waals surface area contributed by atoms with E-state index >= 15 is 0 Å². The molecule has 0 radical (unpaired) electrons. The molecule has 33 heavy (non-hydrogen) atoms. The minimum Gasteiger partial charge on any atom is -0.497 e. The Morgan fingerprint density at radius 3 is 2.36 bits per heavy atom. The highest BCUT2D eigenvalue weighted by molar-refractivity contribution is 6.09. The van der Waals surface area contributed by atoms with Crippen LogP contribution in [0.15, 0.2) is 60.7 Å². The zero-order valence-electron chi connectivity index (χ0n) is 18.9. The smallest absolute Gasteiger partial charge is 0.325 e. The molecule has 2 aliphatic heterocycles. The molecule has 4 unspecified atom stereocenters. The summed E-state index contributed by atoms with van der Waals surface area (Å²) < 4.78 is 5.18. The number of ether oxygens (including phenoxy) is 1. The van der Waals surface area contributed by atoms with Crippen molar-refractivity contribution >= 4 is 23.9 Å². The Balaban J connectivity index is 1.70. The molecular formula is C26H28N2O5. The standard InChI is InChI=1S/C26H28N2O5/c1-16(2)26(25(31)32)22-21(20(27-26)14-11-17-9-12-19(33-3)13-10-17)23(29)28(24(22)30)15-18-7-5-4-6-8-18/h4-14,16,20-22,27H,15H2,1-3H3,(H,31,32). The highest BCUT2D eigenvalue weighted by Gasteiger charge is 2.68. The zero-order chi connectivity index (χ0) is 23.8. The first-order valence-corrected chi connectivity index (χ1v) is 11.0. The van der Waals surface area contributed by atoms with Gasteiger partial charge >= 0.3 is 5.97 Å². The number of carbonyl (C=O) groups excluding carboxylic acids is 2. The van der Waals surface area contributed by atoms with Gasteiger partial charge in [-0.3, -0.25) is 24.6 Å². The van der Waals surface area contributed by atoms with Crippen molar-refractivity contribution in [1.29, 1.82) is 0 Å². The molecule has 2 saturated heterocycles. The van der Waals surface area contributed by atoms with Gasteiger partial charge in [0.25, 0.3) is 0 Å². The van der Waals surface area contributed by atoms with Crippen LogP contribution in [0, 0.1) is 17.8 Å². The van der Waals surface area contributed by atoms with Crippen LogP contribution in [0.3, 0.4) is 0 Å². The van der Waals surface area contributed by atoms with E-state index in [0.717, 1.165) is 16.9 Å². The molecule has 4 atom stereocenters. The van der Waals surface area contributed by atoms with Gasteiger partial charge < -0.3 is 9.84 Å². The molecule has 2 aromatic rings. The quantitative estimate of drug-likeness (QED) is 0.633. The van der Waals surface area contributed by atoms with Crippen LogP contribution in [0.5, 0.6) is 5.75 Å². The second-order valence-corrected chi connectivity index (χ2v) is 8.88. The molecule has 0 bridgehead atoms. The van der Waals surface area contributed by atoms with Gasteiger partial charge in [0.2, 0.25) is 11.8 Å². The molecule has 2 heterocycles. The van der Waals surface area contributed by atoms with Crippen molar-refractivity contribution in [3.05, 3.63) is 71.8 Å². The Bertz CT molecular complexity index is 1080. The van der Waals surface area contributed by atoms with E-state index in [0.29, 0.717) is 0 Å². The van der Waals surface area contributed by atoms with Crippen molar-refractivity contribution in [3.8, 4) is 5.75 Å². The van der Waals surface area contributed by atoms with E-state index in [1.807, 2.05) is 60.7 Å². The fraction of sp³-hybridized carbons (Fsp3) is 0.346. The Morgan fingerprint density at radius 2 is 1.79 bits per heavy atom. The summed E-state index contributed by atoms with van der Waals surface area (Å²) in [6.07, 6.45) is 3.63. The number of nitrogens with zero attached hydrogens (tertiary/aromatic N) is 1. The van der Waals surface area contributed by atoms with Gasteiger partial charge in [0.05, 0.1) is 25.5 Å². The number of carboxylic acids is 1. The summed E-state index contributed by atoms with van der Waals surface area (Å²) in [5.41, 5.74) is 0.171. The maximum absolute atomic E-state index is 13.5. The molecule has 2 fully saturated rings. The maximum atomic E-state index is 13.5. The van der Waals surface area contributed by atoms with E-state index < -0.39 is 41.2 Å². The Kier molecular flexibility index (Phi) is 6.08. The van der Waals surface area contributed by atoms with Crippen molar-refractivity contribution in [2.45, 2.75) is 32.0 Å². The van der Waals surface area contributed by atoms with Gasteiger partial charge in [0.1, 0.15) is 11.3 Å². The number of carboxylic acid groups (broad SMARTS) is 1. The Hall–Kier alpha value is -3.45. The first-order chi connectivity index (χ1) is 15.8. The van der Waals surface area contributed by atoms with Gasteiger partial charge in [-0.05, 0) is 29.2 Å². The molecule has 0 aromatic heterocycles. The molecule has 0 aliphatic carbocycles. The van der Waals surface area contributed by atoms with Crippen LogP contribution in [-0.4, -0.2) is 46.5 Å². The second-order valence-electron chi connectivity index (χ2n) is 8.88. The van der Waals surface area contributed by atoms with Crippen molar-refractivity contribution in [2.24, 2.45) is 17.8 Å². The summed E-state index contributed by atoms with van der Waals surface area (Å²) in [7, 11) is 1.59. The fourth-order valence-electron chi connectivity index (χ4n) is 5.03. The maximum Gasteiger partial charge on any atom is 0.325 e. The monoisotopic (exact) mass is 448 g/mol. The number of methoxy groups -OCH3 is 1. The summed E-state index contributed by atoms with van der Waals surface area (Å²) in [5, 5.41) is 13.4. The second kappa shape index (κ2) is 8.83. The molecule has 0 spiro atoms. The van der Waals surface area contributed by atoms with E-state index in [4.69, 9.17) is 4.74 Å². The molecule has 2 N–H and O–H groups in total. The summed E-state index contributed by atoms with van der Waals surface area (Å²) in [5.74, 6) is -3.33. The highest BCUT2D eigenvalue weighted by Crippen LogP contribution is 2.47. The number of fused-ring (bicyclic) bond motifs is 1. The zero-order valence-corrected chi connectivity index (χ0v) is 18.9. The number of imide groups is 1. The Labute approximate surface area is 193 Å². The number of aliphatic carboxylic acids is 1. The van der Waals surface area contributed by atoms with Crippen LogP contribution < -0.4 is 10.1 Å². The van der Waals surface area contributed by atoms with Crippen molar-refractivity contribution < 1.29 is 24.2 Å². The number of benzene rings is 2. The predicted molar refractivity (Wildman–Crippen MR) is 123 cm³/mol. The number of amides is 2. The molecular weight excluding hydrogens is 420 g/mol.